The van der Waals surface area contributed by atoms with Gasteiger partial charge in [0.25, 0.3) is 0 Å². The molecule has 4 heteroatoms. The number of hydrogen-bond donors (Lipinski definition) is 0. The van der Waals surface area contributed by atoms with E-state index < -0.39 is 5.97 Å². The second-order valence-corrected chi connectivity index (χ2v) is 11.0. The Bertz CT molecular complexity index is 819. The van der Waals surface area contributed by atoms with E-state index in [0.717, 1.165) is 32.1 Å². The first-order chi connectivity index (χ1) is 13.5. The average Bonchev–Trinajstić information content (AvgIpc) is 2.98. The van der Waals surface area contributed by atoms with Gasteiger partial charge in [-0.05, 0) is 72.3 Å². The van der Waals surface area contributed by atoms with Crippen molar-refractivity contribution in [2.24, 2.45) is 39.9 Å². The number of allylic oxidation sites excluding steroid dienone is 4. The zero-order valence-corrected chi connectivity index (χ0v) is 18.4. The van der Waals surface area contributed by atoms with E-state index in [4.69, 9.17) is 4.74 Å². The van der Waals surface area contributed by atoms with E-state index in [1.807, 2.05) is 6.08 Å². The van der Waals surface area contributed by atoms with Crippen molar-refractivity contribution >= 4 is 17.5 Å². The molecule has 0 aromatic carbocycles. The molecule has 4 aliphatic carbocycles. The highest BCUT2D eigenvalue weighted by atomic mass is 16.5. The fourth-order valence-electron chi connectivity index (χ4n) is 7.42. The largest absolute Gasteiger partial charge is 0.458 e. The van der Waals surface area contributed by atoms with Crippen molar-refractivity contribution in [3.05, 3.63) is 23.8 Å². The Morgan fingerprint density at radius 2 is 1.83 bits per heavy atom. The molecule has 0 radical (unpaired) electrons. The predicted molar refractivity (Wildman–Crippen MR) is 111 cm³/mol. The van der Waals surface area contributed by atoms with Gasteiger partial charge in [0.1, 0.15) is 6.61 Å². The molecule has 2 saturated carbocycles. The summed E-state index contributed by atoms with van der Waals surface area (Å²) < 4.78 is 5.03. The number of rotatable bonds is 3. The number of esters is 1. The Morgan fingerprint density at radius 1 is 1.10 bits per heavy atom. The van der Waals surface area contributed by atoms with Crippen LogP contribution >= 0.6 is 0 Å². The van der Waals surface area contributed by atoms with Gasteiger partial charge in [0.2, 0.25) is 0 Å². The first-order valence-electron chi connectivity index (χ1n) is 11.1. The highest BCUT2D eigenvalue weighted by molar-refractivity contribution is 5.96. The highest BCUT2D eigenvalue weighted by Crippen LogP contribution is 2.66. The van der Waals surface area contributed by atoms with E-state index in [0.29, 0.717) is 17.8 Å². The second-order valence-electron chi connectivity index (χ2n) is 11.0. The van der Waals surface area contributed by atoms with Gasteiger partial charge in [-0.1, -0.05) is 39.8 Å². The molecule has 0 aromatic heterocycles. The van der Waals surface area contributed by atoms with Gasteiger partial charge in [-0.25, -0.2) is 0 Å². The summed E-state index contributed by atoms with van der Waals surface area (Å²) in [6.45, 7) is 10.1. The van der Waals surface area contributed by atoms with E-state index in [1.54, 1.807) is 0 Å². The fraction of sp³-hybridized carbons (Fsp3) is 0.720. The summed E-state index contributed by atoms with van der Waals surface area (Å²) in [5.41, 5.74) is 0.887. The second kappa shape index (κ2) is 6.65. The third kappa shape index (κ3) is 3.05. The lowest BCUT2D eigenvalue weighted by Crippen LogP contribution is -2.52. The zero-order valence-electron chi connectivity index (χ0n) is 18.4. The summed E-state index contributed by atoms with van der Waals surface area (Å²) in [6.07, 6.45) is 11.4. The fourth-order valence-corrected chi connectivity index (χ4v) is 7.42. The molecule has 0 heterocycles. The molecule has 29 heavy (non-hydrogen) atoms. The van der Waals surface area contributed by atoms with E-state index in [2.05, 4.69) is 39.8 Å². The van der Waals surface area contributed by atoms with Gasteiger partial charge in [0.15, 0.2) is 11.6 Å². The maximum absolute atomic E-state index is 12.8. The van der Waals surface area contributed by atoms with Crippen LogP contribution in [0.4, 0.5) is 0 Å². The minimum Gasteiger partial charge on any atom is -0.458 e. The van der Waals surface area contributed by atoms with Crippen molar-refractivity contribution < 1.29 is 19.1 Å². The van der Waals surface area contributed by atoms with Crippen molar-refractivity contribution in [3.8, 4) is 0 Å². The third-order valence-electron chi connectivity index (χ3n) is 8.88. The van der Waals surface area contributed by atoms with Crippen LogP contribution in [0.1, 0.15) is 66.7 Å². The number of carbonyl (C=O) groups is 3. The summed E-state index contributed by atoms with van der Waals surface area (Å²) in [6, 6.07) is 0. The molecule has 4 aliphatic rings. The highest BCUT2D eigenvalue weighted by Gasteiger charge is 2.60. The number of Topliss-reactive ketones (excluding diaryl/α,β-unsaturated/α-hetero) is 1. The third-order valence-corrected chi connectivity index (χ3v) is 8.88. The van der Waals surface area contributed by atoms with E-state index in [-0.39, 0.29) is 40.3 Å². The molecule has 2 fully saturated rings. The first kappa shape index (κ1) is 20.6. The van der Waals surface area contributed by atoms with Gasteiger partial charge < -0.3 is 4.74 Å². The molecule has 158 valence electrons. The summed E-state index contributed by atoms with van der Waals surface area (Å²) >= 11 is 0. The summed E-state index contributed by atoms with van der Waals surface area (Å²) in [5.74, 6) is 1.36. The van der Waals surface area contributed by atoms with Crippen LogP contribution in [0.3, 0.4) is 0 Å². The number of fused-ring (bicyclic) bond motifs is 5. The Balaban J connectivity index is 1.62. The van der Waals surface area contributed by atoms with Gasteiger partial charge in [-0.2, -0.15) is 0 Å². The van der Waals surface area contributed by atoms with Gasteiger partial charge in [0, 0.05) is 18.3 Å². The van der Waals surface area contributed by atoms with E-state index >= 15 is 0 Å². The smallest absolute Gasteiger partial charge is 0.303 e. The number of carbonyl (C=O) groups excluding carboxylic acids is 3. The van der Waals surface area contributed by atoms with Crippen LogP contribution in [0.25, 0.3) is 0 Å². The van der Waals surface area contributed by atoms with E-state index in [9.17, 15) is 14.4 Å². The van der Waals surface area contributed by atoms with Crippen LogP contribution in [0.5, 0.6) is 0 Å². The zero-order chi connectivity index (χ0) is 21.2. The van der Waals surface area contributed by atoms with Crippen molar-refractivity contribution in [3.63, 3.8) is 0 Å². The minimum absolute atomic E-state index is 0.0182. The topological polar surface area (TPSA) is 60.4 Å². The molecule has 0 N–H and O–H groups in total. The lowest BCUT2D eigenvalue weighted by molar-refractivity contribution is -0.148. The number of ether oxygens (including phenoxy) is 1. The summed E-state index contributed by atoms with van der Waals surface area (Å²) in [4.78, 5) is 36.5. The molecule has 0 saturated heterocycles. The average molecular weight is 399 g/mol. The number of hydrogen-bond acceptors (Lipinski definition) is 4. The monoisotopic (exact) mass is 398 g/mol. The Kier molecular flexibility index (Phi) is 4.71. The van der Waals surface area contributed by atoms with Gasteiger partial charge in [-0.3, -0.25) is 14.4 Å². The van der Waals surface area contributed by atoms with Crippen LogP contribution in [0.2, 0.25) is 0 Å². The molecule has 0 aliphatic heterocycles. The maximum Gasteiger partial charge on any atom is 0.303 e. The van der Waals surface area contributed by atoms with Gasteiger partial charge in [-0.15, -0.1) is 0 Å². The molecule has 0 amide bonds. The maximum atomic E-state index is 12.8. The SMILES string of the molecule is CC(=O)OCC(=O)[C@H]1CC[C@H]2[C@@H]3C=CC4=CC(=O)C(C)(C)C[C@]4(C)[C@H]3CC[C@]12C. The van der Waals surface area contributed by atoms with E-state index in [1.165, 1.54) is 12.5 Å². The predicted octanol–water partition coefficient (Wildman–Crippen LogP) is 4.68. The Hall–Kier alpha value is -1.71. The van der Waals surface area contributed by atoms with Crippen LogP contribution in [0, 0.1) is 39.9 Å². The Morgan fingerprint density at radius 3 is 2.52 bits per heavy atom. The van der Waals surface area contributed by atoms with Crippen LogP contribution in [-0.4, -0.2) is 24.1 Å². The molecule has 4 nitrogen and oxygen atoms in total. The lowest BCUT2D eigenvalue weighted by Gasteiger charge is -2.57. The standard InChI is InChI=1S/C25H34O4/c1-15(26)29-13-21(27)20-9-8-18-17-7-6-16-12-22(28)23(2,3)14-25(16,5)19(17)10-11-24(18,20)4/h6-7,12,17-20H,8-11,13-14H2,1-5H3/t17-,18-,19-,20+,24-,25-/m0/s1. The van der Waals surface area contributed by atoms with Crippen molar-refractivity contribution in [1.82, 2.24) is 0 Å². The van der Waals surface area contributed by atoms with Crippen LogP contribution in [-0.2, 0) is 19.1 Å². The van der Waals surface area contributed by atoms with Crippen molar-refractivity contribution in [2.45, 2.75) is 66.7 Å². The number of ketones is 2. The molecule has 0 aromatic rings. The van der Waals surface area contributed by atoms with Crippen LogP contribution in [0.15, 0.2) is 23.8 Å². The molecular weight excluding hydrogens is 364 g/mol. The molecule has 0 bridgehead atoms. The van der Waals surface area contributed by atoms with Gasteiger partial charge >= 0.3 is 5.97 Å². The van der Waals surface area contributed by atoms with Crippen LogP contribution < -0.4 is 0 Å². The first-order valence-corrected chi connectivity index (χ1v) is 11.1. The summed E-state index contributed by atoms with van der Waals surface area (Å²) in [5, 5.41) is 0. The normalized spacial score (nSPS) is 42.4. The molecular formula is C25H34O4. The van der Waals surface area contributed by atoms with Gasteiger partial charge in [0.05, 0.1) is 0 Å². The quantitative estimate of drug-likeness (QED) is 0.648. The van der Waals surface area contributed by atoms with Crippen molar-refractivity contribution in [1.29, 1.82) is 0 Å². The molecule has 4 rings (SSSR count). The molecule has 6 atom stereocenters. The molecule has 0 unspecified atom stereocenters. The summed E-state index contributed by atoms with van der Waals surface area (Å²) in [7, 11) is 0. The minimum atomic E-state index is -0.390. The Labute approximate surface area is 174 Å². The van der Waals surface area contributed by atoms with Crippen molar-refractivity contribution in [2.75, 3.05) is 6.61 Å². The molecule has 0 spiro atoms. The lowest BCUT2D eigenvalue weighted by atomic mass is 9.46.